The highest BCUT2D eigenvalue weighted by atomic mass is 19.1. The summed E-state index contributed by atoms with van der Waals surface area (Å²) in [5.41, 5.74) is 2.56. The van der Waals surface area contributed by atoms with E-state index in [1.165, 1.54) is 12.3 Å². The lowest BCUT2D eigenvalue weighted by Crippen LogP contribution is -2.47. The average Bonchev–Trinajstić information content (AvgIpc) is 3.37. The second-order valence-electron chi connectivity index (χ2n) is 10.5. The van der Waals surface area contributed by atoms with Gasteiger partial charge in [-0.15, -0.1) is 0 Å². The van der Waals surface area contributed by atoms with Crippen LogP contribution >= 0.6 is 0 Å². The molecule has 1 atom stereocenters. The van der Waals surface area contributed by atoms with E-state index < -0.39 is 5.60 Å². The number of likely N-dealkylation sites (tertiary alicyclic amines) is 1. The maximum absolute atomic E-state index is 13.8. The summed E-state index contributed by atoms with van der Waals surface area (Å²) < 4.78 is 27.3. The van der Waals surface area contributed by atoms with Gasteiger partial charge in [-0.2, -0.15) is 0 Å². The van der Waals surface area contributed by atoms with Crippen molar-refractivity contribution in [1.82, 2.24) is 19.3 Å². The third-order valence-electron chi connectivity index (χ3n) is 6.65. The number of ether oxygens (including phenoxy) is 2. The Bertz CT molecular complexity index is 1190. The van der Waals surface area contributed by atoms with Gasteiger partial charge in [-0.3, -0.25) is 9.38 Å². The molecule has 0 N–H and O–H groups in total. The summed E-state index contributed by atoms with van der Waals surface area (Å²) in [6.45, 7) is 7.66. The van der Waals surface area contributed by atoms with Crippen LogP contribution in [0.2, 0.25) is 0 Å². The number of imidazole rings is 1. The number of carbonyl (C=O) groups excluding carboxylic acids is 1. The highest BCUT2D eigenvalue weighted by molar-refractivity contribution is 5.68. The van der Waals surface area contributed by atoms with E-state index in [0.29, 0.717) is 31.3 Å². The molecule has 34 heavy (non-hydrogen) atoms. The molecule has 8 heteroatoms. The van der Waals surface area contributed by atoms with Crippen molar-refractivity contribution in [2.75, 3.05) is 19.7 Å². The lowest BCUT2D eigenvalue weighted by molar-refractivity contribution is -0.0487. The predicted octanol–water partition coefficient (Wildman–Crippen LogP) is 4.88. The highest BCUT2D eigenvalue weighted by Gasteiger charge is 2.44. The number of hydrogen-bond acceptors (Lipinski definition) is 5. The molecule has 5 heterocycles. The fourth-order valence-electron chi connectivity index (χ4n) is 5.02. The molecule has 1 amide bonds. The number of carbonyl (C=O) groups is 1. The van der Waals surface area contributed by atoms with Crippen molar-refractivity contribution in [3.63, 3.8) is 0 Å². The van der Waals surface area contributed by atoms with Gasteiger partial charge in [0.2, 0.25) is 0 Å². The Kier molecular flexibility index (Phi) is 5.80. The number of fused-ring (bicyclic) bond motifs is 1. The highest BCUT2D eigenvalue weighted by Crippen LogP contribution is 2.40. The van der Waals surface area contributed by atoms with Gasteiger partial charge in [-0.05, 0) is 76.6 Å². The average molecular weight is 467 g/mol. The van der Waals surface area contributed by atoms with Crippen molar-refractivity contribution < 1.29 is 18.7 Å². The molecule has 2 aliphatic rings. The Hall–Kier alpha value is -3.00. The molecule has 0 aliphatic carbocycles. The predicted molar refractivity (Wildman–Crippen MR) is 126 cm³/mol. The van der Waals surface area contributed by atoms with Gasteiger partial charge >= 0.3 is 6.09 Å². The summed E-state index contributed by atoms with van der Waals surface area (Å²) >= 11 is 0. The van der Waals surface area contributed by atoms with E-state index in [0.717, 1.165) is 42.8 Å². The van der Waals surface area contributed by atoms with Gasteiger partial charge in [-0.1, -0.05) is 6.07 Å². The van der Waals surface area contributed by atoms with E-state index in [1.54, 1.807) is 21.6 Å². The van der Waals surface area contributed by atoms with Crippen molar-refractivity contribution in [1.29, 1.82) is 0 Å². The van der Waals surface area contributed by atoms with Crippen molar-refractivity contribution in [2.24, 2.45) is 5.92 Å². The van der Waals surface area contributed by atoms with Crippen LogP contribution in [0.1, 0.15) is 45.7 Å². The first-order chi connectivity index (χ1) is 16.2. The molecule has 3 aromatic rings. The van der Waals surface area contributed by atoms with Crippen LogP contribution in [0.25, 0.3) is 17.0 Å². The first-order valence-electron chi connectivity index (χ1n) is 11.9. The molecular formula is C26H31FN4O3. The molecule has 1 unspecified atom stereocenters. The Morgan fingerprint density at radius 2 is 2.03 bits per heavy atom. The number of piperidine rings is 1. The third kappa shape index (κ3) is 4.78. The summed E-state index contributed by atoms with van der Waals surface area (Å²) in [5.74, 6) is 0.0597. The molecule has 1 spiro atoms. The number of amides is 1. The summed E-state index contributed by atoms with van der Waals surface area (Å²) in [6.07, 6.45) is 6.34. The molecule has 2 aliphatic heterocycles. The quantitative estimate of drug-likeness (QED) is 0.550. The smallest absolute Gasteiger partial charge is 0.410 e. The molecule has 2 fully saturated rings. The van der Waals surface area contributed by atoms with Crippen LogP contribution in [0.15, 0.2) is 42.7 Å². The normalized spacial score (nSPS) is 20.2. The minimum absolute atomic E-state index is 0.167. The van der Waals surface area contributed by atoms with Crippen LogP contribution in [0, 0.1) is 11.7 Å². The molecule has 180 valence electrons. The summed E-state index contributed by atoms with van der Waals surface area (Å²) in [5, 5.41) is 0. The van der Waals surface area contributed by atoms with Crippen LogP contribution < -0.4 is 0 Å². The van der Waals surface area contributed by atoms with Crippen molar-refractivity contribution >= 4 is 11.7 Å². The Morgan fingerprint density at radius 3 is 2.79 bits per heavy atom. The molecule has 0 saturated carbocycles. The number of nitrogens with zero attached hydrogens (tertiary/aromatic N) is 4. The van der Waals surface area contributed by atoms with Gasteiger partial charge < -0.3 is 14.4 Å². The minimum Gasteiger partial charge on any atom is -0.444 e. The molecule has 0 radical (unpaired) electrons. The lowest BCUT2D eigenvalue weighted by atomic mass is 9.84. The Morgan fingerprint density at radius 1 is 1.24 bits per heavy atom. The van der Waals surface area contributed by atoms with E-state index in [-0.39, 0.29) is 17.5 Å². The molecule has 3 aromatic heterocycles. The summed E-state index contributed by atoms with van der Waals surface area (Å²) in [7, 11) is 0. The Balaban J connectivity index is 1.22. The Labute approximate surface area is 198 Å². The summed E-state index contributed by atoms with van der Waals surface area (Å²) in [6, 6.07) is 9.01. The van der Waals surface area contributed by atoms with Crippen LogP contribution in [-0.4, -0.2) is 56.3 Å². The largest absolute Gasteiger partial charge is 0.444 e. The zero-order valence-electron chi connectivity index (χ0n) is 20.0. The zero-order chi connectivity index (χ0) is 23.9. The van der Waals surface area contributed by atoms with E-state index in [4.69, 9.17) is 14.5 Å². The second kappa shape index (κ2) is 8.65. The van der Waals surface area contributed by atoms with E-state index >= 15 is 0 Å². The maximum atomic E-state index is 13.8. The van der Waals surface area contributed by atoms with Crippen LogP contribution in [0.3, 0.4) is 0 Å². The number of halogens is 1. The topological polar surface area (TPSA) is 69.0 Å². The number of aromatic nitrogens is 3. The van der Waals surface area contributed by atoms with Crippen LogP contribution in [0.5, 0.6) is 0 Å². The fraction of sp³-hybridized carbons (Fsp3) is 0.500. The molecule has 0 bridgehead atoms. The van der Waals surface area contributed by atoms with Crippen LogP contribution in [0.4, 0.5) is 9.18 Å². The standard InChI is InChI=1S/C26H31FN4O3/c1-25(2,3)34-24(32)30-11-9-26(10-12-30)14-18(17-33-26)13-20-5-4-6-21(29-20)22-15-28-23-8-7-19(27)16-31(22)23/h4-8,15-16,18H,9-14,17H2,1-3H3. The monoisotopic (exact) mass is 466 g/mol. The van der Waals surface area contributed by atoms with E-state index in [1.807, 2.05) is 39.0 Å². The first kappa shape index (κ1) is 22.8. The van der Waals surface area contributed by atoms with Gasteiger partial charge in [0.25, 0.3) is 0 Å². The van der Waals surface area contributed by atoms with Crippen molar-refractivity contribution in [2.45, 2.75) is 57.7 Å². The zero-order valence-corrected chi connectivity index (χ0v) is 20.0. The minimum atomic E-state index is -0.486. The van der Waals surface area contributed by atoms with Gasteiger partial charge in [0.15, 0.2) is 0 Å². The van der Waals surface area contributed by atoms with Crippen molar-refractivity contribution in [3.05, 3.63) is 54.2 Å². The molecule has 5 rings (SSSR count). The first-order valence-corrected chi connectivity index (χ1v) is 11.9. The summed E-state index contributed by atoms with van der Waals surface area (Å²) in [4.78, 5) is 23.4. The molecular weight excluding hydrogens is 435 g/mol. The fourth-order valence-corrected chi connectivity index (χ4v) is 5.02. The van der Waals surface area contributed by atoms with Crippen LogP contribution in [-0.2, 0) is 15.9 Å². The lowest BCUT2D eigenvalue weighted by Gasteiger charge is -2.39. The van der Waals surface area contributed by atoms with Gasteiger partial charge in [0, 0.05) is 25.0 Å². The van der Waals surface area contributed by atoms with Gasteiger partial charge in [0.05, 0.1) is 29.8 Å². The van der Waals surface area contributed by atoms with E-state index in [2.05, 4.69) is 4.98 Å². The number of hydrogen-bond donors (Lipinski definition) is 0. The van der Waals surface area contributed by atoms with Gasteiger partial charge in [-0.25, -0.2) is 14.2 Å². The SMILES string of the molecule is CC(C)(C)OC(=O)N1CCC2(CC1)CC(Cc1cccc(-c3cnc4ccc(F)cn34)n1)CO2. The number of rotatable bonds is 3. The number of pyridine rings is 2. The van der Waals surface area contributed by atoms with Gasteiger partial charge in [0.1, 0.15) is 17.1 Å². The third-order valence-corrected chi connectivity index (χ3v) is 6.65. The molecule has 2 saturated heterocycles. The van der Waals surface area contributed by atoms with Crippen molar-refractivity contribution in [3.8, 4) is 11.4 Å². The van der Waals surface area contributed by atoms with E-state index in [9.17, 15) is 9.18 Å². The molecule has 0 aromatic carbocycles. The second-order valence-corrected chi connectivity index (χ2v) is 10.5. The molecule has 7 nitrogen and oxygen atoms in total. The maximum Gasteiger partial charge on any atom is 0.410 e.